The van der Waals surface area contributed by atoms with Crippen molar-refractivity contribution in [2.24, 2.45) is 11.8 Å². The molecule has 0 spiro atoms. The van der Waals surface area contributed by atoms with Crippen molar-refractivity contribution in [3.05, 3.63) is 39.2 Å². The van der Waals surface area contributed by atoms with Crippen molar-refractivity contribution in [3.63, 3.8) is 0 Å². The second-order valence-corrected chi connectivity index (χ2v) is 6.60. The number of hydrogen-bond acceptors (Lipinski definition) is 2. The van der Waals surface area contributed by atoms with Crippen molar-refractivity contribution < 1.29 is 9.47 Å². The van der Waals surface area contributed by atoms with E-state index in [1.54, 1.807) is 4.99 Å². The molecule has 5 atom stereocenters. The molecular weight excluding hydrogens is 372 g/mol. The molecule has 0 aromatic rings. The number of hydrogen-bond donors (Lipinski definition) is 0. The van der Waals surface area contributed by atoms with Gasteiger partial charge in [-0.15, -0.1) is 5.73 Å². The molecule has 2 heterocycles. The van der Waals surface area contributed by atoms with E-state index in [1.165, 1.54) is 6.42 Å². The predicted molar refractivity (Wildman–Crippen MR) is 82.1 cm³/mol. The molecule has 5 unspecified atom stereocenters. The van der Waals surface area contributed by atoms with Gasteiger partial charge in [0.15, 0.2) is 6.10 Å². The highest BCUT2D eigenvalue weighted by molar-refractivity contribution is 9.11. The summed E-state index contributed by atoms with van der Waals surface area (Å²) in [5.41, 5.74) is 3.03. The van der Waals surface area contributed by atoms with Gasteiger partial charge in [-0.05, 0) is 25.3 Å². The van der Waals surface area contributed by atoms with Crippen LogP contribution in [-0.2, 0) is 9.47 Å². The Labute approximate surface area is 130 Å². The number of halogens is 2. The van der Waals surface area contributed by atoms with Gasteiger partial charge in [0.2, 0.25) is 0 Å². The number of fused-ring (bicyclic) bond motifs is 1. The normalized spacial score (nSPS) is 40.1. The van der Waals surface area contributed by atoms with Crippen LogP contribution in [0, 0.1) is 11.8 Å². The van der Waals surface area contributed by atoms with Gasteiger partial charge in [-0.3, -0.25) is 0 Å². The van der Waals surface area contributed by atoms with Crippen LogP contribution >= 0.6 is 31.9 Å². The summed E-state index contributed by atoms with van der Waals surface area (Å²) >= 11 is 6.84. The molecular formula is C15H16Br2O2. The third-order valence-electron chi connectivity index (χ3n) is 3.89. The first-order chi connectivity index (χ1) is 9.24. The molecule has 0 aromatic heterocycles. The Balaban J connectivity index is 1.68. The smallest absolute Gasteiger partial charge is 0.153 e. The first kappa shape index (κ1) is 13.7. The molecule has 2 fully saturated rings. The summed E-state index contributed by atoms with van der Waals surface area (Å²) in [4.78, 5) is 1.72. The van der Waals surface area contributed by atoms with Gasteiger partial charge in [0.05, 0.1) is 6.10 Å². The van der Waals surface area contributed by atoms with Gasteiger partial charge in [-0.1, -0.05) is 44.0 Å². The maximum atomic E-state index is 6.10. The average Bonchev–Trinajstić information content (AvgIpc) is 3.09. The van der Waals surface area contributed by atoms with Crippen molar-refractivity contribution in [1.29, 1.82) is 0 Å². The van der Waals surface area contributed by atoms with Gasteiger partial charge < -0.3 is 9.47 Å². The van der Waals surface area contributed by atoms with Crippen LogP contribution in [0.25, 0.3) is 0 Å². The molecule has 0 amide bonds. The standard InChI is InChI=1S/C15H16Br2O2/c1-2-4-9-7-11(9)13-15-14(19-13)12(17)8-10(18-15)5-3-6-16/h2,4-6,9-11,13,15H,7-8H2,1H3/b4-2+. The molecule has 102 valence electrons. The van der Waals surface area contributed by atoms with Crippen molar-refractivity contribution in [3.8, 4) is 0 Å². The predicted octanol–water partition coefficient (Wildman–Crippen LogP) is 4.43. The molecule has 1 saturated carbocycles. The lowest BCUT2D eigenvalue weighted by atomic mass is 9.95. The molecule has 0 bridgehead atoms. The molecule has 19 heavy (non-hydrogen) atoms. The monoisotopic (exact) mass is 386 g/mol. The topological polar surface area (TPSA) is 18.5 Å². The van der Waals surface area contributed by atoms with E-state index in [2.05, 4.69) is 56.7 Å². The highest BCUT2D eigenvalue weighted by Crippen LogP contribution is 2.53. The first-order valence-electron chi connectivity index (χ1n) is 6.59. The van der Waals surface area contributed by atoms with E-state index in [1.807, 2.05) is 6.08 Å². The van der Waals surface area contributed by atoms with Crippen LogP contribution in [0.1, 0.15) is 19.8 Å². The number of allylic oxidation sites excluding steroid dienone is 2. The Kier molecular flexibility index (Phi) is 4.04. The lowest BCUT2D eigenvalue weighted by molar-refractivity contribution is -0.167. The van der Waals surface area contributed by atoms with E-state index in [0.29, 0.717) is 11.8 Å². The summed E-state index contributed by atoms with van der Waals surface area (Å²) < 4.78 is 13.2. The first-order valence-corrected chi connectivity index (χ1v) is 8.30. The van der Waals surface area contributed by atoms with E-state index in [4.69, 9.17) is 9.47 Å². The summed E-state index contributed by atoms with van der Waals surface area (Å²) in [7, 11) is 0. The van der Waals surface area contributed by atoms with Gasteiger partial charge >= 0.3 is 0 Å². The quantitative estimate of drug-likeness (QED) is 0.527. The molecule has 0 aromatic carbocycles. The third kappa shape index (κ3) is 2.64. The lowest BCUT2D eigenvalue weighted by Gasteiger charge is -2.45. The molecule has 1 aliphatic carbocycles. The SMILES string of the molecule is C/C=C/C1CC1C1OC2=C(Br)CC(C=C=CBr)OC21. The van der Waals surface area contributed by atoms with Crippen molar-refractivity contribution in [2.45, 2.75) is 38.1 Å². The highest BCUT2D eigenvalue weighted by atomic mass is 79.9. The van der Waals surface area contributed by atoms with Crippen LogP contribution in [0.4, 0.5) is 0 Å². The second-order valence-electron chi connectivity index (χ2n) is 5.18. The largest absolute Gasteiger partial charge is 0.487 e. The van der Waals surface area contributed by atoms with Gasteiger partial charge in [-0.25, -0.2) is 0 Å². The minimum atomic E-state index is 0.0854. The third-order valence-corrected chi connectivity index (χ3v) is 4.87. The molecule has 4 heteroatoms. The van der Waals surface area contributed by atoms with E-state index in [9.17, 15) is 0 Å². The van der Waals surface area contributed by atoms with Crippen LogP contribution in [0.15, 0.2) is 39.2 Å². The van der Waals surface area contributed by atoms with Crippen LogP contribution in [0.3, 0.4) is 0 Å². The zero-order valence-electron chi connectivity index (χ0n) is 10.7. The molecule has 1 saturated heterocycles. The Morgan fingerprint density at radius 1 is 1.42 bits per heavy atom. The minimum Gasteiger partial charge on any atom is -0.487 e. The molecule has 2 nitrogen and oxygen atoms in total. The van der Waals surface area contributed by atoms with Crippen molar-refractivity contribution in [2.75, 3.05) is 0 Å². The van der Waals surface area contributed by atoms with Crippen molar-refractivity contribution >= 4 is 31.9 Å². The maximum absolute atomic E-state index is 6.10. The van der Waals surface area contributed by atoms with Gasteiger partial charge in [0.1, 0.15) is 11.9 Å². The Morgan fingerprint density at radius 2 is 2.26 bits per heavy atom. The molecule has 0 radical (unpaired) electrons. The number of rotatable bonds is 3. The fourth-order valence-electron chi connectivity index (χ4n) is 2.86. The summed E-state index contributed by atoms with van der Waals surface area (Å²) in [6, 6.07) is 0. The molecule has 0 N–H and O–H groups in total. The Hall–Kier alpha value is -0.280. The van der Waals surface area contributed by atoms with Gasteiger partial charge in [-0.2, -0.15) is 0 Å². The van der Waals surface area contributed by atoms with Gasteiger partial charge in [0.25, 0.3) is 0 Å². The fourth-order valence-corrected chi connectivity index (χ4v) is 3.65. The molecule has 2 aliphatic heterocycles. The van der Waals surface area contributed by atoms with Crippen molar-refractivity contribution in [1.82, 2.24) is 0 Å². The zero-order chi connectivity index (χ0) is 13.4. The lowest BCUT2D eigenvalue weighted by Crippen LogP contribution is -2.50. The minimum absolute atomic E-state index is 0.0854. The van der Waals surface area contributed by atoms with Crippen LogP contribution < -0.4 is 0 Å². The molecule has 3 aliphatic rings. The van der Waals surface area contributed by atoms with Gasteiger partial charge in [0, 0.05) is 21.8 Å². The number of ether oxygens (including phenoxy) is 2. The Bertz CT molecular complexity index is 488. The summed E-state index contributed by atoms with van der Waals surface area (Å²) in [5, 5.41) is 0. The summed E-state index contributed by atoms with van der Waals surface area (Å²) in [5.74, 6) is 2.31. The zero-order valence-corrected chi connectivity index (χ0v) is 13.9. The van der Waals surface area contributed by atoms with E-state index >= 15 is 0 Å². The van der Waals surface area contributed by atoms with E-state index < -0.39 is 0 Å². The summed E-state index contributed by atoms with van der Waals surface area (Å²) in [6.07, 6.45) is 8.86. The second kappa shape index (κ2) is 5.61. The van der Waals surface area contributed by atoms with Crippen LogP contribution in [0.5, 0.6) is 0 Å². The highest BCUT2D eigenvalue weighted by Gasteiger charge is 2.55. The average molecular weight is 388 g/mol. The fraction of sp³-hybridized carbons (Fsp3) is 0.533. The van der Waals surface area contributed by atoms with Crippen LogP contribution in [0.2, 0.25) is 0 Å². The van der Waals surface area contributed by atoms with Crippen LogP contribution in [-0.4, -0.2) is 18.3 Å². The molecule has 3 rings (SSSR count). The van der Waals surface area contributed by atoms with E-state index in [0.717, 1.165) is 16.7 Å². The Morgan fingerprint density at radius 3 is 3.00 bits per heavy atom. The summed E-state index contributed by atoms with van der Waals surface area (Å²) in [6.45, 7) is 2.07. The van der Waals surface area contributed by atoms with E-state index in [-0.39, 0.29) is 18.3 Å². The maximum Gasteiger partial charge on any atom is 0.153 e.